The zero-order valence-electron chi connectivity index (χ0n) is 23.9. The first-order valence-corrected chi connectivity index (χ1v) is 13.6. The van der Waals surface area contributed by atoms with Crippen LogP contribution in [0.15, 0.2) is 60.7 Å². The van der Waals surface area contributed by atoms with Crippen LogP contribution in [0.25, 0.3) is 11.1 Å². The number of carbonyl (C=O) groups excluding carboxylic acids is 1. The van der Waals surface area contributed by atoms with Gasteiger partial charge < -0.3 is 24.1 Å². The molecule has 7 heteroatoms. The molecule has 0 spiro atoms. The van der Waals surface area contributed by atoms with E-state index in [0.717, 1.165) is 29.5 Å². The van der Waals surface area contributed by atoms with E-state index in [0.29, 0.717) is 35.0 Å². The van der Waals surface area contributed by atoms with Crippen molar-refractivity contribution in [3.8, 4) is 22.6 Å². The summed E-state index contributed by atoms with van der Waals surface area (Å²) in [6.45, 7) is 3.98. The third-order valence-corrected chi connectivity index (χ3v) is 7.71. The predicted molar refractivity (Wildman–Crippen MR) is 152 cm³/mol. The molecule has 1 saturated carbocycles. The molecular weight excluding hydrogens is 511 g/mol. The average molecular weight is 551 g/mol. The molecule has 3 aromatic carbocycles. The van der Waals surface area contributed by atoms with Gasteiger partial charge in [0.2, 0.25) is 0 Å². The SMILES string of the molecule is COC(=O)CC(c1cccc(OCc2ccc(-c3cc(OC)ccc3F)c([C@H](OC)C(C)(C)CO)c2)c1)C1CC1. The standard InChI is InChI=1S/C33H39FO6/c1-33(2,20-35)32(39-5)29-15-21(9-13-26(29)28-17-24(37-3)12-14-30(28)34)19-40-25-8-6-7-23(16-25)27(22-10-11-22)18-31(36)38-4/h6-9,12-17,22,27,32,35H,10-11,18-20H2,1-5H3/t27?,32-/m0/s1. The van der Waals surface area contributed by atoms with E-state index in [1.807, 2.05) is 56.3 Å². The van der Waals surface area contributed by atoms with Crippen molar-refractivity contribution in [2.24, 2.45) is 11.3 Å². The van der Waals surface area contributed by atoms with Crippen molar-refractivity contribution in [1.29, 1.82) is 0 Å². The number of rotatable bonds is 13. The van der Waals surface area contributed by atoms with E-state index >= 15 is 4.39 Å². The highest BCUT2D eigenvalue weighted by molar-refractivity contribution is 5.71. The molecule has 1 aliphatic carbocycles. The van der Waals surface area contributed by atoms with E-state index in [1.165, 1.54) is 13.2 Å². The molecule has 1 unspecified atom stereocenters. The third-order valence-electron chi connectivity index (χ3n) is 7.71. The van der Waals surface area contributed by atoms with Crippen LogP contribution >= 0.6 is 0 Å². The van der Waals surface area contributed by atoms with E-state index in [-0.39, 0.29) is 30.9 Å². The molecular formula is C33H39FO6. The number of aliphatic hydroxyl groups excluding tert-OH is 1. The number of halogens is 1. The Morgan fingerprint density at radius 1 is 1.00 bits per heavy atom. The number of hydrogen-bond donors (Lipinski definition) is 1. The Morgan fingerprint density at radius 3 is 2.42 bits per heavy atom. The van der Waals surface area contributed by atoms with E-state index in [2.05, 4.69) is 0 Å². The van der Waals surface area contributed by atoms with Crippen molar-refractivity contribution in [3.05, 3.63) is 83.2 Å². The minimum atomic E-state index is -0.635. The summed E-state index contributed by atoms with van der Waals surface area (Å²) in [7, 11) is 4.55. The Kier molecular flexibility index (Phi) is 9.48. The lowest BCUT2D eigenvalue weighted by Gasteiger charge is -2.33. The van der Waals surface area contributed by atoms with E-state index in [1.54, 1.807) is 26.4 Å². The molecule has 1 fully saturated rings. The number of esters is 1. The second kappa shape index (κ2) is 12.8. The quantitative estimate of drug-likeness (QED) is 0.235. The fourth-order valence-electron chi connectivity index (χ4n) is 5.27. The van der Waals surface area contributed by atoms with Crippen molar-refractivity contribution in [3.63, 3.8) is 0 Å². The molecule has 0 saturated heterocycles. The zero-order chi connectivity index (χ0) is 28.9. The van der Waals surface area contributed by atoms with Crippen LogP contribution in [0.3, 0.4) is 0 Å². The van der Waals surface area contributed by atoms with Gasteiger partial charge in [0.25, 0.3) is 0 Å². The van der Waals surface area contributed by atoms with Crippen molar-refractivity contribution < 1.29 is 33.2 Å². The number of carbonyl (C=O) groups is 1. The minimum absolute atomic E-state index is 0.114. The lowest BCUT2D eigenvalue weighted by atomic mass is 9.80. The molecule has 1 N–H and O–H groups in total. The summed E-state index contributed by atoms with van der Waals surface area (Å²) >= 11 is 0. The van der Waals surface area contributed by atoms with Gasteiger partial charge in [-0.2, -0.15) is 0 Å². The Labute approximate surface area is 236 Å². The van der Waals surface area contributed by atoms with Gasteiger partial charge in [-0.15, -0.1) is 0 Å². The number of ether oxygens (including phenoxy) is 4. The molecule has 6 nitrogen and oxygen atoms in total. The van der Waals surface area contributed by atoms with Gasteiger partial charge in [-0.1, -0.05) is 38.1 Å². The molecule has 2 atom stereocenters. The topological polar surface area (TPSA) is 74.2 Å². The molecule has 40 heavy (non-hydrogen) atoms. The fourth-order valence-corrected chi connectivity index (χ4v) is 5.27. The molecule has 0 radical (unpaired) electrons. The molecule has 0 amide bonds. The van der Waals surface area contributed by atoms with Gasteiger partial charge in [-0.05, 0) is 83.3 Å². The van der Waals surface area contributed by atoms with Crippen molar-refractivity contribution in [1.82, 2.24) is 0 Å². The first-order valence-electron chi connectivity index (χ1n) is 13.6. The van der Waals surface area contributed by atoms with Crippen LogP contribution < -0.4 is 9.47 Å². The summed E-state index contributed by atoms with van der Waals surface area (Å²) in [6.07, 6.45) is 2.07. The summed E-state index contributed by atoms with van der Waals surface area (Å²) < 4.78 is 37.4. The lowest BCUT2D eigenvalue weighted by molar-refractivity contribution is -0.141. The first kappa shape index (κ1) is 29.6. The maximum Gasteiger partial charge on any atom is 0.306 e. The normalized spacial score (nSPS) is 14.9. The van der Waals surface area contributed by atoms with Gasteiger partial charge >= 0.3 is 5.97 Å². The number of aliphatic hydroxyl groups is 1. The van der Waals surface area contributed by atoms with Crippen LogP contribution in [0.5, 0.6) is 11.5 Å². The van der Waals surface area contributed by atoms with Gasteiger partial charge in [-0.25, -0.2) is 4.39 Å². The van der Waals surface area contributed by atoms with Crippen LogP contribution in [-0.2, 0) is 20.9 Å². The smallest absolute Gasteiger partial charge is 0.306 e. The van der Waals surface area contributed by atoms with E-state index in [4.69, 9.17) is 18.9 Å². The summed E-state index contributed by atoms with van der Waals surface area (Å²) in [5.74, 6) is 1.27. The maximum atomic E-state index is 15.1. The van der Waals surface area contributed by atoms with Crippen LogP contribution in [0.1, 0.15) is 61.8 Å². The van der Waals surface area contributed by atoms with Crippen LogP contribution in [-0.4, -0.2) is 39.0 Å². The van der Waals surface area contributed by atoms with Crippen molar-refractivity contribution >= 4 is 5.97 Å². The monoisotopic (exact) mass is 550 g/mol. The largest absolute Gasteiger partial charge is 0.497 e. The van der Waals surface area contributed by atoms with Gasteiger partial charge in [0.05, 0.1) is 33.4 Å². The molecule has 4 rings (SSSR count). The van der Waals surface area contributed by atoms with Crippen molar-refractivity contribution in [2.75, 3.05) is 27.9 Å². The van der Waals surface area contributed by atoms with Crippen LogP contribution in [0.4, 0.5) is 4.39 Å². The number of methoxy groups -OCH3 is 3. The summed E-state index contributed by atoms with van der Waals surface area (Å²) in [4.78, 5) is 12.0. The second-order valence-electron chi connectivity index (χ2n) is 11.1. The third kappa shape index (κ3) is 6.83. The van der Waals surface area contributed by atoms with Gasteiger partial charge in [0.15, 0.2) is 0 Å². The maximum absolute atomic E-state index is 15.1. The Bertz CT molecular complexity index is 1320. The average Bonchev–Trinajstić information content (AvgIpc) is 3.81. The Balaban J connectivity index is 1.64. The Hall–Kier alpha value is -3.42. The number of hydrogen-bond acceptors (Lipinski definition) is 6. The highest BCUT2D eigenvalue weighted by atomic mass is 19.1. The first-order chi connectivity index (χ1) is 19.2. The van der Waals surface area contributed by atoms with Crippen LogP contribution in [0, 0.1) is 17.2 Å². The van der Waals surface area contributed by atoms with Crippen LogP contribution in [0.2, 0.25) is 0 Å². The molecule has 0 heterocycles. The number of benzene rings is 3. The van der Waals surface area contributed by atoms with Gasteiger partial charge in [0, 0.05) is 18.1 Å². The lowest BCUT2D eigenvalue weighted by Crippen LogP contribution is -2.28. The highest BCUT2D eigenvalue weighted by Crippen LogP contribution is 2.45. The van der Waals surface area contributed by atoms with E-state index < -0.39 is 11.5 Å². The second-order valence-corrected chi connectivity index (χ2v) is 11.1. The van der Waals surface area contributed by atoms with Gasteiger partial charge in [0.1, 0.15) is 23.9 Å². The molecule has 0 aromatic heterocycles. The zero-order valence-corrected chi connectivity index (χ0v) is 23.9. The van der Waals surface area contributed by atoms with Gasteiger partial charge in [-0.3, -0.25) is 4.79 Å². The fraction of sp³-hybridized carbons (Fsp3) is 0.424. The molecule has 0 aliphatic heterocycles. The summed E-state index contributed by atoms with van der Waals surface area (Å²) in [5.41, 5.74) is 3.10. The highest BCUT2D eigenvalue weighted by Gasteiger charge is 2.35. The van der Waals surface area contributed by atoms with Crippen molar-refractivity contribution in [2.45, 2.75) is 51.7 Å². The predicted octanol–water partition coefficient (Wildman–Crippen LogP) is 6.84. The molecule has 1 aliphatic rings. The Morgan fingerprint density at radius 2 is 1.77 bits per heavy atom. The van der Waals surface area contributed by atoms with E-state index in [9.17, 15) is 9.90 Å². The molecule has 3 aromatic rings. The summed E-state index contributed by atoms with van der Waals surface area (Å²) in [5, 5.41) is 10.1. The summed E-state index contributed by atoms with van der Waals surface area (Å²) in [6, 6.07) is 18.2. The molecule has 214 valence electrons. The minimum Gasteiger partial charge on any atom is -0.497 e. The molecule has 0 bridgehead atoms.